The highest BCUT2D eigenvalue weighted by Gasteiger charge is 2.34. The molecular formula is C23H30N4O4. The Balaban J connectivity index is 1.77. The molecule has 1 aliphatic heterocycles. The van der Waals surface area contributed by atoms with Gasteiger partial charge in [-0.1, -0.05) is 42.5 Å². The molecule has 31 heavy (non-hydrogen) atoms. The number of likely N-dealkylation sites (tertiary alicyclic amines) is 1. The highest BCUT2D eigenvalue weighted by molar-refractivity contribution is 5.92. The zero-order chi connectivity index (χ0) is 22.4. The van der Waals surface area contributed by atoms with Crippen molar-refractivity contribution in [3.8, 4) is 0 Å². The van der Waals surface area contributed by atoms with Crippen LogP contribution in [0.25, 0.3) is 10.8 Å². The lowest BCUT2D eigenvalue weighted by Gasteiger charge is -2.26. The minimum absolute atomic E-state index is 0.00240. The van der Waals surface area contributed by atoms with E-state index in [4.69, 9.17) is 5.73 Å². The quantitative estimate of drug-likeness (QED) is 0.484. The summed E-state index contributed by atoms with van der Waals surface area (Å²) in [6, 6.07) is 12.4. The second-order valence-electron chi connectivity index (χ2n) is 7.95. The lowest BCUT2D eigenvalue weighted by Crippen LogP contribution is -2.54. The van der Waals surface area contributed by atoms with Crippen LogP contribution in [0.5, 0.6) is 0 Å². The largest absolute Gasteiger partial charge is 0.390 e. The van der Waals surface area contributed by atoms with Gasteiger partial charge in [-0.05, 0) is 29.2 Å². The molecule has 1 saturated heterocycles. The van der Waals surface area contributed by atoms with Crippen LogP contribution in [0.3, 0.4) is 0 Å². The Hall–Kier alpha value is -2.97. The van der Waals surface area contributed by atoms with Crippen LogP contribution >= 0.6 is 0 Å². The monoisotopic (exact) mass is 426 g/mol. The number of amides is 3. The van der Waals surface area contributed by atoms with Crippen LogP contribution in [0.15, 0.2) is 42.5 Å². The predicted octanol–water partition coefficient (Wildman–Crippen LogP) is 0.314. The molecule has 1 heterocycles. The molecular weight excluding hydrogens is 396 g/mol. The van der Waals surface area contributed by atoms with Crippen LogP contribution in [0.2, 0.25) is 0 Å². The zero-order valence-corrected chi connectivity index (χ0v) is 17.7. The van der Waals surface area contributed by atoms with Gasteiger partial charge in [0.05, 0.1) is 6.10 Å². The summed E-state index contributed by atoms with van der Waals surface area (Å²) in [5, 5.41) is 17.3. The SMILES string of the molecule is CC(=O)N1CCCC1C(=O)N[C@H](Cc1ccc2ccccc2c1)C(=O)NCC(O)CN. The molecule has 0 spiro atoms. The summed E-state index contributed by atoms with van der Waals surface area (Å²) in [6.07, 6.45) is 0.751. The molecule has 3 rings (SSSR count). The fourth-order valence-corrected chi connectivity index (χ4v) is 3.92. The first-order valence-electron chi connectivity index (χ1n) is 10.6. The maximum absolute atomic E-state index is 12.9. The van der Waals surface area contributed by atoms with Gasteiger partial charge in [-0.15, -0.1) is 0 Å². The number of aliphatic hydroxyl groups is 1. The van der Waals surface area contributed by atoms with E-state index in [-0.39, 0.29) is 31.3 Å². The molecule has 3 amide bonds. The van der Waals surface area contributed by atoms with Gasteiger partial charge in [-0.2, -0.15) is 0 Å². The number of carbonyl (C=O) groups excluding carboxylic acids is 3. The third-order valence-electron chi connectivity index (χ3n) is 5.63. The fraction of sp³-hybridized carbons (Fsp3) is 0.435. The van der Waals surface area contributed by atoms with Crippen molar-refractivity contribution in [3.05, 3.63) is 48.0 Å². The van der Waals surface area contributed by atoms with Crippen molar-refractivity contribution >= 4 is 28.5 Å². The van der Waals surface area contributed by atoms with Gasteiger partial charge in [-0.3, -0.25) is 14.4 Å². The molecule has 8 heteroatoms. The summed E-state index contributed by atoms with van der Waals surface area (Å²) >= 11 is 0. The molecule has 0 bridgehead atoms. The summed E-state index contributed by atoms with van der Waals surface area (Å²) in [4.78, 5) is 39.1. The number of hydrogen-bond donors (Lipinski definition) is 4. The first kappa shape index (κ1) is 22.7. The Morgan fingerprint density at radius 2 is 1.94 bits per heavy atom. The lowest BCUT2D eigenvalue weighted by molar-refractivity contribution is -0.138. The first-order chi connectivity index (χ1) is 14.9. The Bertz CT molecular complexity index is 948. The van der Waals surface area contributed by atoms with Crippen LogP contribution in [0.4, 0.5) is 0 Å². The third-order valence-corrected chi connectivity index (χ3v) is 5.63. The highest BCUT2D eigenvalue weighted by Crippen LogP contribution is 2.19. The minimum atomic E-state index is -0.857. The van der Waals surface area contributed by atoms with E-state index in [2.05, 4.69) is 10.6 Å². The second kappa shape index (κ2) is 10.4. The summed E-state index contributed by atoms with van der Waals surface area (Å²) in [5.74, 6) is -0.895. The second-order valence-corrected chi connectivity index (χ2v) is 7.95. The molecule has 3 atom stereocenters. The van der Waals surface area contributed by atoms with E-state index in [1.807, 2.05) is 42.5 Å². The van der Waals surface area contributed by atoms with Crippen molar-refractivity contribution in [2.75, 3.05) is 19.6 Å². The smallest absolute Gasteiger partial charge is 0.243 e. The van der Waals surface area contributed by atoms with Crippen molar-refractivity contribution in [1.82, 2.24) is 15.5 Å². The molecule has 2 aromatic carbocycles. The number of nitrogens with two attached hydrogens (primary N) is 1. The van der Waals surface area contributed by atoms with Gasteiger partial charge in [0.1, 0.15) is 12.1 Å². The van der Waals surface area contributed by atoms with Crippen molar-refractivity contribution in [1.29, 1.82) is 0 Å². The maximum Gasteiger partial charge on any atom is 0.243 e. The molecule has 1 fully saturated rings. The topological polar surface area (TPSA) is 125 Å². The van der Waals surface area contributed by atoms with E-state index in [9.17, 15) is 19.5 Å². The van der Waals surface area contributed by atoms with Crippen LogP contribution in [0, 0.1) is 0 Å². The van der Waals surface area contributed by atoms with Crippen molar-refractivity contribution in [3.63, 3.8) is 0 Å². The Kier molecular flexibility index (Phi) is 7.59. The number of carbonyl (C=O) groups is 3. The molecule has 0 aliphatic carbocycles. The van der Waals surface area contributed by atoms with Gasteiger partial charge in [0.2, 0.25) is 17.7 Å². The van der Waals surface area contributed by atoms with Crippen LogP contribution in [0.1, 0.15) is 25.3 Å². The number of benzene rings is 2. The van der Waals surface area contributed by atoms with E-state index in [1.165, 1.54) is 6.92 Å². The summed E-state index contributed by atoms with van der Waals surface area (Å²) < 4.78 is 0. The lowest BCUT2D eigenvalue weighted by atomic mass is 10.0. The van der Waals surface area contributed by atoms with Gasteiger partial charge >= 0.3 is 0 Å². The predicted molar refractivity (Wildman–Crippen MR) is 118 cm³/mol. The van der Waals surface area contributed by atoms with Crippen molar-refractivity contribution in [2.45, 2.75) is 44.4 Å². The van der Waals surface area contributed by atoms with Gasteiger partial charge in [-0.25, -0.2) is 0 Å². The van der Waals surface area contributed by atoms with E-state index in [0.717, 1.165) is 22.8 Å². The molecule has 0 radical (unpaired) electrons. The van der Waals surface area contributed by atoms with E-state index >= 15 is 0 Å². The molecule has 5 N–H and O–H groups in total. The van der Waals surface area contributed by atoms with Crippen LogP contribution in [-0.2, 0) is 20.8 Å². The molecule has 1 aliphatic rings. The maximum atomic E-state index is 12.9. The molecule has 0 saturated carbocycles. The summed E-state index contributed by atoms with van der Waals surface area (Å²) in [5.41, 5.74) is 6.31. The number of nitrogens with zero attached hydrogens (tertiary/aromatic N) is 1. The molecule has 2 aromatic rings. The zero-order valence-electron chi connectivity index (χ0n) is 17.7. The average Bonchev–Trinajstić information content (AvgIpc) is 3.27. The Morgan fingerprint density at radius 3 is 2.65 bits per heavy atom. The normalized spacial score (nSPS) is 17.9. The molecule has 0 aromatic heterocycles. The average molecular weight is 427 g/mol. The Morgan fingerprint density at radius 1 is 1.19 bits per heavy atom. The molecule has 8 nitrogen and oxygen atoms in total. The van der Waals surface area contributed by atoms with Gasteiger partial charge in [0.15, 0.2) is 0 Å². The highest BCUT2D eigenvalue weighted by atomic mass is 16.3. The Labute approximate surface area is 181 Å². The van der Waals surface area contributed by atoms with E-state index in [1.54, 1.807) is 4.90 Å². The molecule has 2 unspecified atom stereocenters. The molecule has 166 valence electrons. The minimum Gasteiger partial charge on any atom is -0.390 e. The fourth-order valence-electron chi connectivity index (χ4n) is 3.92. The van der Waals surface area contributed by atoms with Crippen molar-refractivity contribution < 1.29 is 19.5 Å². The number of fused-ring (bicyclic) bond motifs is 1. The van der Waals surface area contributed by atoms with Crippen LogP contribution < -0.4 is 16.4 Å². The van der Waals surface area contributed by atoms with Crippen molar-refractivity contribution in [2.24, 2.45) is 5.73 Å². The van der Waals surface area contributed by atoms with Gasteiger partial charge < -0.3 is 26.4 Å². The number of rotatable bonds is 8. The number of nitrogens with one attached hydrogen (secondary N) is 2. The third kappa shape index (κ3) is 5.80. The van der Waals surface area contributed by atoms with Crippen LogP contribution in [-0.4, -0.2) is 65.5 Å². The number of hydrogen-bond acceptors (Lipinski definition) is 5. The first-order valence-corrected chi connectivity index (χ1v) is 10.6. The van der Waals surface area contributed by atoms with Gasteiger partial charge in [0.25, 0.3) is 0 Å². The summed E-state index contributed by atoms with van der Waals surface area (Å²) in [6.45, 7) is 2.01. The summed E-state index contributed by atoms with van der Waals surface area (Å²) in [7, 11) is 0. The van der Waals surface area contributed by atoms with Gasteiger partial charge in [0, 0.05) is 33.0 Å². The standard InChI is InChI=1S/C23H30N4O4/c1-15(28)27-10-4-7-21(27)23(31)26-20(22(30)25-14-19(29)13-24)12-16-8-9-17-5-2-3-6-18(17)11-16/h2-3,5-6,8-9,11,19-21,29H,4,7,10,12-14,24H2,1H3,(H,25,30)(H,26,31)/t19?,20-,21?/m1/s1. The number of aliphatic hydroxyl groups excluding tert-OH is 1. The van der Waals surface area contributed by atoms with E-state index in [0.29, 0.717) is 13.0 Å². The van der Waals surface area contributed by atoms with E-state index < -0.39 is 24.1 Å².